The van der Waals surface area contributed by atoms with Gasteiger partial charge in [0.15, 0.2) is 5.84 Å². The van der Waals surface area contributed by atoms with E-state index in [1.165, 1.54) is 12.8 Å². The Balaban J connectivity index is 2.17. The summed E-state index contributed by atoms with van der Waals surface area (Å²) in [5, 5.41) is 11.9. The maximum Gasteiger partial charge on any atom is 0.170 e. The molecule has 1 aromatic rings. The van der Waals surface area contributed by atoms with Crippen molar-refractivity contribution in [1.82, 2.24) is 4.90 Å². The van der Waals surface area contributed by atoms with Crippen LogP contribution in [0.5, 0.6) is 5.75 Å². The Morgan fingerprint density at radius 3 is 2.81 bits per heavy atom. The molecule has 0 spiro atoms. The Kier molecular flexibility index (Phi) is 5.44. The molecule has 5 nitrogen and oxygen atoms in total. The fourth-order valence-electron chi connectivity index (χ4n) is 2.58. The Hall–Kier alpha value is -1.75. The van der Waals surface area contributed by atoms with E-state index in [9.17, 15) is 0 Å². The lowest BCUT2D eigenvalue weighted by atomic mass is 10.1. The van der Waals surface area contributed by atoms with E-state index in [0.29, 0.717) is 0 Å². The highest BCUT2D eigenvalue weighted by molar-refractivity contribution is 5.97. The smallest absolute Gasteiger partial charge is 0.170 e. The molecule has 0 aromatic heterocycles. The molecule has 1 aliphatic carbocycles. The number of hydrogen-bond acceptors (Lipinski definition) is 4. The second-order valence-electron chi connectivity index (χ2n) is 5.69. The number of ether oxygens (including phenoxy) is 1. The zero-order valence-electron chi connectivity index (χ0n) is 12.9. The van der Waals surface area contributed by atoms with Gasteiger partial charge in [0.05, 0.1) is 7.11 Å². The van der Waals surface area contributed by atoms with E-state index < -0.39 is 0 Å². The second kappa shape index (κ2) is 7.31. The van der Waals surface area contributed by atoms with E-state index in [-0.39, 0.29) is 5.84 Å². The van der Waals surface area contributed by atoms with Crippen LogP contribution in [-0.4, -0.2) is 36.1 Å². The highest BCUT2D eigenvalue weighted by atomic mass is 16.5. The number of nitrogens with two attached hydrogens (primary N) is 1. The molecule has 0 radical (unpaired) electrons. The summed E-state index contributed by atoms with van der Waals surface area (Å²) in [5.41, 5.74) is 7.48. The predicted molar refractivity (Wildman–Crippen MR) is 83.8 cm³/mol. The molecule has 0 atom stereocenters. The molecule has 1 fully saturated rings. The van der Waals surface area contributed by atoms with E-state index in [1.807, 2.05) is 18.2 Å². The fraction of sp³-hybridized carbons (Fsp3) is 0.562. The minimum absolute atomic E-state index is 0.128. The van der Waals surface area contributed by atoms with Crippen molar-refractivity contribution in [3.8, 4) is 5.75 Å². The molecule has 1 saturated carbocycles. The average Bonchev–Trinajstić information content (AvgIpc) is 3.30. The minimum Gasteiger partial charge on any atom is -0.496 e. The van der Waals surface area contributed by atoms with Crippen molar-refractivity contribution in [1.29, 1.82) is 0 Å². The van der Waals surface area contributed by atoms with Gasteiger partial charge in [-0.2, -0.15) is 0 Å². The van der Waals surface area contributed by atoms with Crippen LogP contribution in [0, 0.1) is 5.92 Å². The van der Waals surface area contributed by atoms with E-state index in [2.05, 4.69) is 17.0 Å². The van der Waals surface area contributed by atoms with Crippen molar-refractivity contribution in [3.05, 3.63) is 29.3 Å². The number of benzene rings is 1. The second-order valence-corrected chi connectivity index (χ2v) is 5.69. The molecule has 5 heteroatoms. The summed E-state index contributed by atoms with van der Waals surface area (Å²) >= 11 is 0. The number of oxime groups is 1. The fourth-order valence-corrected chi connectivity index (χ4v) is 2.58. The summed E-state index contributed by atoms with van der Waals surface area (Å²) in [6.07, 6.45) is 3.83. The molecule has 0 saturated heterocycles. The Labute approximate surface area is 126 Å². The van der Waals surface area contributed by atoms with Gasteiger partial charge in [0.25, 0.3) is 0 Å². The average molecular weight is 291 g/mol. The largest absolute Gasteiger partial charge is 0.496 e. The van der Waals surface area contributed by atoms with Gasteiger partial charge in [-0.25, -0.2) is 0 Å². The zero-order valence-corrected chi connectivity index (χ0v) is 12.9. The van der Waals surface area contributed by atoms with Crippen LogP contribution in [0.1, 0.15) is 37.3 Å². The summed E-state index contributed by atoms with van der Waals surface area (Å²) in [6.45, 7) is 5.25. The number of rotatable bonds is 8. The van der Waals surface area contributed by atoms with Crippen molar-refractivity contribution in [2.45, 2.75) is 32.7 Å². The van der Waals surface area contributed by atoms with Gasteiger partial charge in [0.1, 0.15) is 5.75 Å². The van der Waals surface area contributed by atoms with Gasteiger partial charge in [-0.05, 0) is 49.9 Å². The molecule has 116 valence electrons. The molecule has 1 aliphatic rings. The van der Waals surface area contributed by atoms with Gasteiger partial charge in [-0.3, -0.25) is 4.90 Å². The van der Waals surface area contributed by atoms with Crippen LogP contribution in [0.25, 0.3) is 0 Å². The SMILES string of the molecule is CCCN(Cc1cc(/C(N)=N/O)ccc1OC)CC1CC1. The Bertz CT molecular complexity index is 498. The normalized spacial score (nSPS) is 15.5. The highest BCUT2D eigenvalue weighted by Gasteiger charge is 2.24. The van der Waals surface area contributed by atoms with Crippen LogP contribution in [-0.2, 0) is 6.54 Å². The van der Waals surface area contributed by atoms with E-state index in [1.54, 1.807) is 7.11 Å². The van der Waals surface area contributed by atoms with Gasteiger partial charge >= 0.3 is 0 Å². The lowest BCUT2D eigenvalue weighted by Crippen LogP contribution is -2.27. The van der Waals surface area contributed by atoms with Gasteiger partial charge < -0.3 is 15.7 Å². The molecule has 1 aromatic carbocycles. The maximum absolute atomic E-state index is 8.82. The van der Waals surface area contributed by atoms with Gasteiger partial charge in [-0.15, -0.1) is 0 Å². The number of nitrogens with zero attached hydrogens (tertiary/aromatic N) is 2. The molecule has 21 heavy (non-hydrogen) atoms. The quantitative estimate of drug-likeness (QED) is 0.334. The number of methoxy groups -OCH3 is 1. The number of hydrogen-bond donors (Lipinski definition) is 2. The first-order valence-electron chi connectivity index (χ1n) is 7.55. The molecular formula is C16H25N3O2. The Morgan fingerprint density at radius 2 is 2.24 bits per heavy atom. The van der Waals surface area contributed by atoms with Crippen molar-refractivity contribution < 1.29 is 9.94 Å². The highest BCUT2D eigenvalue weighted by Crippen LogP contribution is 2.31. The Morgan fingerprint density at radius 1 is 1.48 bits per heavy atom. The third-order valence-electron chi connectivity index (χ3n) is 3.83. The van der Waals surface area contributed by atoms with Crippen LogP contribution in [0.15, 0.2) is 23.4 Å². The van der Waals surface area contributed by atoms with E-state index in [4.69, 9.17) is 15.7 Å². The standard InChI is InChI=1S/C16H25N3O2/c1-3-8-19(10-12-4-5-12)11-14-9-13(16(17)18-20)6-7-15(14)21-2/h6-7,9,12,20H,3-5,8,10-11H2,1-2H3,(H2,17,18). The van der Waals surface area contributed by atoms with Crippen molar-refractivity contribution in [2.24, 2.45) is 16.8 Å². The number of amidine groups is 1. The molecule has 0 heterocycles. The van der Waals surface area contributed by atoms with E-state index >= 15 is 0 Å². The zero-order chi connectivity index (χ0) is 15.2. The summed E-state index contributed by atoms with van der Waals surface area (Å²) in [5.74, 6) is 1.83. The van der Waals surface area contributed by atoms with Crippen molar-refractivity contribution in [3.63, 3.8) is 0 Å². The molecule has 0 unspecified atom stereocenters. The first-order chi connectivity index (χ1) is 10.2. The third-order valence-corrected chi connectivity index (χ3v) is 3.83. The van der Waals surface area contributed by atoms with Crippen molar-refractivity contribution >= 4 is 5.84 Å². The third kappa shape index (κ3) is 4.36. The van der Waals surface area contributed by atoms with Gasteiger partial charge in [0, 0.05) is 24.2 Å². The summed E-state index contributed by atoms with van der Waals surface area (Å²) in [6, 6.07) is 5.63. The lowest BCUT2D eigenvalue weighted by Gasteiger charge is -2.23. The molecular weight excluding hydrogens is 266 g/mol. The lowest BCUT2D eigenvalue weighted by molar-refractivity contribution is 0.251. The molecule has 0 bridgehead atoms. The maximum atomic E-state index is 8.82. The van der Waals surface area contributed by atoms with Crippen LogP contribution in [0.3, 0.4) is 0 Å². The summed E-state index contributed by atoms with van der Waals surface area (Å²) < 4.78 is 5.44. The van der Waals surface area contributed by atoms with E-state index in [0.717, 1.165) is 48.8 Å². The minimum atomic E-state index is 0.128. The van der Waals surface area contributed by atoms with Crippen LogP contribution in [0.2, 0.25) is 0 Å². The summed E-state index contributed by atoms with van der Waals surface area (Å²) in [7, 11) is 1.67. The van der Waals surface area contributed by atoms with Crippen molar-refractivity contribution in [2.75, 3.05) is 20.2 Å². The van der Waals surface area contributed by atoms with Gasteiger partial charge in [-0.1, -0.05) is 12.1 Å². The molecule has 2 rings (SSSR count). The molecule has 3 N–H and O–H groups in total. The van der Waals surface area contributed by atoms with Crippen LogP contribution < -0.4 is 10.5 Å². The first-order valence-corrected chi connectivity index (χ1v) is 7.55. The monoisotopic (exact) mass is 291 g/mol. The topological polar surface area (TPSA) is 71.1 Å². The molecule has 0 amide bonds. The molecule has 0 aliphatic heterocycles. The van der Waals surface area contributed by atoms with Crippen LogP contribution in [0.4, 0.5) is 0 Å². The van der Waals surface area contributed by atoms with Crippen LogP contribution >= 0.6 is 0 Å². The van der Waals surface area contributed by atoms with Gasteiger partial charge in [0.2, 0.25) is 0 Å². The first kappa shape index (κ1) is 15.6. The summed E-state index contributed by atoms with van der Waals surface area (Å²) in [4.78, 5) is 2.46. The predicted octanol–water partition coefficient (Wildman–Crippen LogP) is 2.41.